The molecular formula is C23H19N3O2. The lowest BCUT2D eigenvalue weighted by molar-refractivity contribution is 0.0973. The summed E-state index contributed by atoms with van der Waals surface area (Å²) in [5.74, 6) is 1.18. The number of aromatic amines is 1. The van der Waals surface area contributed by atoms with Crippen LogP contribution in [0.15, 0.2) is 78.9 Å². The van der Waals surface area contributed by atoms with E-state index in [4.69, 9.17) is 4.74 Å². The number of rotatable bonds is 5. The van der Waals surface area contributed by atoms with Gasteiger partial charge in [0.2, 0.25) is 0 Å². The van der Waals surface area contributed by atoms with Gasteiger partial charge in [0.1, 0.15) is 5.75 Å². The molecule has 2 N–H and O–H groups in total. The molecule has 4 rings (SSSR count). The molecule has 0 saturated heterocycles. The number of imidazole rings is 1. The maximum Gasteiger partial charge on any atom is 0.255 e. The second kappa shape index (κ2) is 7.80. The molecule has 0 aliphatic carbocycles. The van der Waals surface area contributed by atoms with Gasteiger partial charge in [0, 0.05) is 5.56 Å². The number of H-pyrrole nitrogens is 1. The van der Waals surface area contributed by atoms with Crippen molar-refractivity contribution in [3.05, 3.63) is 95.8 Å². The third kappa shape index (κ3) is 3.78. The number of methoxy groups -OCH3 is 1. The molecule has 28 heavy (non-hydrogen) atoms. The molecule has 1 amide bonds. The number of hydrogen-bond acceptors (Lipinski definition) is 3. The fourth-order valence-electron chi connectivity index (χ4n) is 2.89. The Bertz CT molecular complexity index is 1100. The quantitative estimate of drug-likeness (QED) is 0.544. The van der Waals surface area contributed by atoms with Crippen molar-refractivity contribution < 1.29 is 9.53 Å². The number of nitrogens with zero attached hydrogens (tertiary/aromatic N) is 1. The monoisotopic (exact) mass is 369 g/mol. The molecule has 1 heterocycles. The molecule has 0 aliphatic heterocycles. The summed E-state index contributed by atoms with van der Waals surface area (Å²) in [7, 11) is 1.63. The van der Waals surface area contributed by atoms with Crippen molar-refractivity contribution in [1.82, 2.24) is 15.3 Å². The second-order valence-corrected chi connectivity index (χ2v) is 6.25. The molecule has 0 fully saturated rings. The maximum atomic E-state index is 12.7. The van der Waals surface area contributed by atoms with Crippen molar-refractivity contribution in [2.24, 2.45) is 0 Å². The smallest absolute Gasteiger partial charge is 0.255 e. The highest BCUT2D eigenvalue weighted by Gasteiger charge is 2.13. The van der Waals surface area contributed by atoms with E-state index in [1.807, 2.05) is 72.8 Å². The molecule has 3 aromatic carbocycles. The van der Waals surface area contributed by atoms with E-state index in [-0.39, 0.29) is 5.91 Å². The van der Waals surface area contributed by atoms with Crippen LogP contribution in [0.3, 0.4) is 0 Å². The van der Waals surface area contributed by atoms with Gasteiger partial charge in [-0.05, 0) is 48.0 Å². The second-order valence-electron chi connectivity index (χ2n) is 6.25. The lowest BCUT2D eigenvalue weighted by atomic mass is 10.1. The Balaban J connectivity index is 1.73. The van der Waals surface area contributed by atoms with Crippen LogP contribution in [0.4, 0.5) is 0 Å². The van der Waals surface area contributed by atoms with Gasteiger partial charge in [0.15, 0.2) is 5.82 Å². The molecule has 0 spiro atoms. The number of ether oxygens (including phenoxy) is 1. The molecule has 1 aromatic heterocycles. The zero-order chi connectivity index (χ0) is 19.3. The lowest BCUT2D eigenvalue weighted by Crippen LogP contribution is -2.22. The SMILES string of the molecule is COc1ccc(C=C(NC(=O)c2ccccc2)c2nc3ccccc3[nH]2)cc1. The lowest BCUT2D eigenvalue weighted by Gasteiger charge is -2.09. The maximum absolute atomic E-state index is 12.7. The molecule has 0 bridgehead atoms. The van der Waals surface area contributed by atoms with Crippen LogP contribution in [0.5, 0.6) is 5.75 Å². The van der Waals surface area contributed by atoms with Gasteiger partial charge in [0.25, 0.3) is 5.91 Å². The summed E-state index contributed by atoms with van der Waals surface area (Å²) in [6.07, 6.45) is 1.89. The van der Waals surface area contributed by atoms with E-state index in [0.717, 1.165) is 22.3 Å². The van der Waals surface area contributed by atoms with E-state index in [2.05, 4.69) is 15.3 Å². The number of aromatic nitrogens is 2. The van der Waals surface area contributed by atoms with Crippen LogP contribution in [-0.2, 0) is 0 Å². The number of carbonyl (C=O) groups excluding carboxylic acids is 1. The minimum Gasteiger partial charge on any atom is -0.497 e. The predicted molar refractivity (Wildman–Crippen MR) is 111 cm³/mol. The van der Waals surface area contributed by atoms with Gasteiger partial charge in [0.05, 0.1) is 23.8 Å². The van der Waals surface area contributed by atoms with Crippen molar-refractivity contribution in [2.75, 3.05) is 7.11 Å². The van der Waals surface area contributed by atoms with E-state index in [9.17, 15) is 4.79 Å². The standard InChI is InChI=1S/C23H19N3O2/c1-28-18-13-11-16(12-14-18)15-21(26-23(27)17-7-3-2-4-8-17)22-24-19-9-5-6-10-20(19)25-22/h2-15H,1H3,(H,24,25)(H,26,27). The number of benzene rings is 3. The zero-order valence-corrected chi connectivity index (χ0v) is 15.3. The van der Waals surface area contributed by atoms with Crippen molar-refractivity contribution in [3.8, 4) is 5.75 Å². The Morgan fingerprint density at radius 2 is 1.68 bits per heavy atom. The Morgan fingerprint density at radius 1 is 0.964 bits per heavy atom. The summed E-state index contributed by atoms with van der Waals surface area (Å²) in [6, 6.07) is 24.5. The first kappa shape index (κ1) is 17.5. The molecule has 0 unspecified atom stereocenters. The molecule has 5 heteroatoms. The first-order valence-corrected chi connectivity index (χ1v) is 8.90. The zero-order valence-electron chi connectivity index (χ0n) is 15.3. The van der Waals surface area contributed by atoms with Gasteiger partial charge in [-0.2, -0.15) is 0 Å². The molecular weight excluding hydrogens is 350 g/mol. The van der Waals surface area contributed by atoms with Gasteiger partial charge in [-0.1, -0.05) is 42.5 Å². The van der Waals surface area contributed by atoms with Crippen LogP contribution in [0, 0.1) is 0 Å². The van der Waals surface area contributed by atoms with Gasteiger partial charge in [-0.15, -0.1) is 0 Å². The van der Waals surface area contributed by atoms with Crippen molar-refractivity contribution in [2.45, 2.75) is 0 Å². The predicted octanol–water partition coefficient (Wildman–Crippen LogP) is 4.50. The van der Waals surface area contributed by atoms with E-state index in [1.54, 1.807) is 19.2 Å². The van der Waals surface area contributed by atoms with Crippen LogP contribution in [0.2, 0.25) is 0 Å². The topological polar surface area (TPSA) is 67.0 Å². The summed E-state index contributed by atoms with van der Waals surface area (Å²) in [5, 5.41) is 2.98. The van der Waals surface area contributed by atoms with Gasteiger partial charge in [-0.25, -0.2) is 4.98 Å². The Kier molecular flexibility index (Phi) is 4.89. The average Bonchev–Trinajstić information content (AvgIpc) is 3.18. The molecule has 0 aliphatic rings. The van der Waals surface area contributed by atoms with Crippen LogP contribution < -0.4 is 10.1 Å². The summed E-state index contributed by atoms with van der Waals surface area (Å²) in [6.45, 7) is 0. The van der Waals surface area contributed by atoms with Crippen LogP contribution in [0.1, 0.15) is 21.7 Å². The highest BCUT2D eigenvalue weighted by Crippen LogP contribution is 2.20. The first-order valence-electron chi connectivity index (χ1n) is 8.90. The molecule has 0 radical (unpaired) electrons. The average molecular weight is 369 g/mol. The Morgan fingerprint density at radius 3 is 2.39 bits per heavy atom. The summed E-state index contributed by atoms with van der Waals surface area (Å²) in [4.78, 5) is 20.6. The number of para-hydroxylation sites is 2. The first-order chi connectivity index (χ1) is 13.7. The number of amides is 1. The fourth-order valence-corrected chi connectivity index (χ4v) is 2.89. The Hall–Kier alpha value is -3.86. The normalized spacial score (nSPS) is 11.4. The molecule has 5 nitrogen and oxygen atoms in total. The van der Waals surface area contributed by atoms with Crippen LogP contribution >= 0.6 is 0 Å². The van der Waals surface area contributed by atoms with Crippen molar-refractivity contribution in [3.63, 3.8) is 0 Å². The summed E-state index contributed by atoms with van der Waals surface area (Å²) in [5.41, 5.74) is 3.85. The summed E-state index contributed by atoms with van der Waals surface area (Å²) >= 11 is 0. The highest BCUT2D eigenvalue weighted by atomic mass is 16.5. The number of carbonyl (C=O) groups is 1. The number of hydrogen-bond donors (Lipinski definition) is 2. The van der Waals surface area contributed by atoms with E-state index >= 15 is 0 Å². The minimum atomic E-state index is -0.194. The van der Waals surface area contributed by atoms with Gasteiger partial charge < -0.3 is 15.0 Å². The largest absolute Gasteiger partial charge is 0.497 e. The van der Waals surface area contributed by atoms with E-state index in [0.29, 0.717) is 17.1 Å². The molecule has 4 aromatic rings. The molecule has 0 atom stereocenters. The molecule has 138 valence electrons. The summed E-state index contributed by atoms with van der Waals surface area (Å²) < 4.78 is 5.21. The van der Waals surface area contributed by atoms with E-state index in [1.165, 1.54) is 0 Å². The highest BCUT2D eigenvalue weighted by molar-refractivity contribution is 6.01. The third-order valence-electron chi connectivity index (χ3n) is 4.36. The van der Waals surface area contributed by atoms with Crippen LogP contribution in [0.25, 0.3) is 22.8 Å². The number of nitrogens with one attached hydrogen (secondary N) is 2. The Labute approximate surface area is 162 Å². The van der Waals surface area contributed by atoms with Crippen molar-refractivity contribution in [1.29, 1.82) is 0 Å². The van der Waals surface area contributed by atoms with Gasteiger partial charge >= 0.3 is 0 Å². The van der Waals surface area contributed by atoms with Crippen molar-refractivity contribution >= 4 is 28.7 Å². The number of fused-ring (bicyclic) bond motifs is 1. The fraction of sp³-hybridized carbons (Fsp3) is 0.0435. The van der Waals surface area contributed by atoms with Crippen LogP contribution in [-0.4, -0.2) is 23.0 Å². The van der Waals surface area contributed by atoms with Gasteiger partial charge in [-0.3, -0.25) is 4.79 Å². The third-order valence-corrected chi connectivity index (χ3v) is 4.36. The minimum absolute atomic E-state index is 0.194. The molecule has 0 saturated carbocycles. The van der Waals surface area contributed by atoms with E-state index < -0.39 is 0 Å².